The van der Waals surface area contributed by atoms with E-state index in [1.54, 1.807) is 0 Å². The van der Waals surface area contributed by atoms with Crippen molar-refractivity contribution in [1.29, 1.82) is 0 Å². The molecule has 0 spiro atoms. The first-order chi connectivity index (χ1) is 8.67. The Balaban J connectivity index is 1.79. The van der Waals surface area contributed by atoms with E-state index >= 15 is 0 Å². The fraction of sp³-hybridized carbons (Fsp3) is 0.400. The van der Waals surface area contributed by atoms with Crippen LogP contribution in [0.3, 0.4) is 0 Å². The highest BCUT2D eigenvalue weighted by Crippen LogP contribution is 2.33. The number of aryl methyl sites for hydroxylation is 1. The first-order valence-electron chi connectivity index (χ1n) is 6.48. The van der Waals surface area contributed by atoms with Crippen molar-refractivity contribution in [2.75, 3.05) is 0 Å². The van der Waals surface area contributed by atoms with Crippen LogP contribution in [-0.4, -0.2) is 11.9 Å². The van der Waals surface area contributed by atoms with Crippen LogP contribution in [0.25, 0.3) is 11.0 Å². The molecule has 1 aliphatic rings. The molecule has 0 unspecified atom stereocenters. The van der Waals surface area contributed by atoms with Gasteiger partial charge in [-0.05, 0) is 37.5 Å². The maximum absolute atomic E-state index is 12.0. The van der Waals surface area contributed by atoms with Gasteiger partial charge in [0.15, 0.2) is 5.76 Å². The lowest BCUT2D eigenvalue weighted by atomic mass is 10.2. The van der Waals surface area contributed by atoms with E-state index in [1.165, 1.54) is 5.56 Å². The molecule has 94 valence electrons. The first kappa shape index (κ1) is 11.3. The van der Waals surface area contributed by atoms with Gasteiger partial charge >= 0.3 is 0 Å². The van der Waals surface area contributed by atoms with Crippen LogP contribution in [0.15, 0.2) is 28.7 Å². The summed E-state index contributed by atoms with van der Waals surface area (Å²) in [6.45, 7) is 4.18. The average Bonchev–Trinajstić information content (AvgIpc) is 2.96. The molecule has 1 saturated carbocycles. The highest BCUT2D eigenvalue weighted by Gasteiger charge is 2.37. The summed E-state index contributed by atoms with van der Waals surface area (Å²) in [5, 5.41) is 4.00. The van der Waals surface area contributed by atoms with Crippen LogP contribution in [0.4, 0.5) is 0 Å². The number of benzene rings is 1. The molecule has 3 heteroatoms. The normalized spacial score (nSPS) is 22.1. The summed E-state index contributed by atoms with van der Waals surface area (Å²) in [6, 6.07) is 8.09. The number of carbonyl (C=O) groups excluding carboxylic acids is 1. The zero-order chi connectivity index (χ0) is 12.7. The number of rotatable bonds is 3. The summed E-state index contributed by atoms with van der Waals surface area (Å²) in [4.78, 5) is 12.0. The highest BCUT2D eigenvalue weighted by atomic mass is 16.3. The van der Waals surface area contributed by atoms with Gasteiger partial charge < -0.3 is 9.73 Å². The van der Waals surface area contributed by atoms with E-state index in [4.69, 9.17) is 4.42 Å². The van der Waals surface area contributed by atoms with Gasteiger partial charge in [0.1, 0.15) is 5.58 Å². The van der Waals surface area contributed by atoms with Gasteiger partial charge in [0.05, 0.1) is 0 Å². The number of fused-ring (bicyclic) bond motifs is 1. The predicted octanol–water partition coefficient (Wildman–Crippen LogP) is 3.27. The van der Waals surface area contributed by atoms with Crippen molar-refractivity contribution in [2.45, 2.75) is 32.7 Å². The van der Waals surface area contributed by atoms with Crippen molar-refractivity contribution in [3.8, 4) is 0 Å². The van der Waals surface area contributed by atoms with Gasteiger partial charge in [-0.3, -0.25) is 4.79 Å². The maximum atomic E-state index is 12.0. The maximum Gasteiger partial charge on any atom is 0.287 e. The summed E-state index contributed by atoms with van der Waals surface area (Å²) >= 11 is 0. The van der Waals surface area contributed by atoms with E-state index in [0.29, 0.717) is 17.7 Å². The molecule has 0 radical (unpaired) electrons. The van der Waals surface area contributed by atoms with Crippen LogP contribution < -0.4 is 5.32 Å². The van der Waals surface area contributed by atoms with Gasteiger partial charge in [-0.25, -0.2) is 0 Å². The van der Waals surface area contributed by atoms with Crippen molar-refractivity contribution >= 4 is 16.9 Å². The van der Waals surface area contributed by atoms with E-state index in [-0.39, 0.29) is 5.91 Å². The van der Waals surface area contributed by atoms with Crippen LogP contribution in [0.5, 0.6) is 0 Å². The third kappa shape index (κ3) is 2.01. The molecule has 0 saturated heterocycles. The Morgan fingerprint density at radius 3 is 3.00 bits per heavy atom. The smallest absolute Gasteiger partial charge is 0.287 e. The molecule has 1 aliphatic carbocycles. The molecular formula is C15H17NO2. The lowest BCUT2D eigenvalue weighted by Crippen LogP contribution is -2.26. The lowest BCUT2D eigenvalue weighted by molar-refractivity contribution is 0.0923. The molecule has 3 nitrogen and oxygen atoms in total. The van der Waals surface area contributed by atoms with Gasteiger partial charge in [0.2, 0.25) is 0 Å². The molecule has 0 bridgehead atoms. The van der Waals surface area contributed by atoms with Crippen molar-refractivity contribution < 1.29 is 9.21 Å². The number of hydrogen-bond donors (Lipinski definition) is 1. The van der Waals surface area contributed by atoms with Gasteiger partial charge in [-0.1, -0.05) is 25.0 Å². The fourth-order valence-electron chi connectivity index (χ4n) is 2.39. The first-order valence-corrected chi connectivity index (χ1v) is 6.48. The molecule has 1 N–H and O–H groups in total. The Labute approximate surface area is 106 Å². The zero-order valence-corrected chi connectivity index (χ0v) is 10.7. The predicted molar refractivity (Wildman–Crippen MR) is 70.6 cm³/mol. The third-order valence-electron chi connectivity index (χ3n) is 3.66. The standard InChI is InChI=1S/C15H17NO2/c1-3-10-7-12(10)16-15(17)14-8-11-6-9(2)4-5-13(11)18-14/h4-6,8,10,12H,3,7H2,1-2H3,(H,16,17)/t10-,12+/m0/s1. The van der Waals surface area contributed by atoms with Gasteiger partial charge in [-0.15, -0.1) is 0 Å². The summed E-state index contributed by atoms with van der Waals surface area (Å²) < 4.78 is 5.57. The number of furan rings is 1. The van der Waals surface area contributed by atoms with Gasteiger partial charge in [0.25, 0.3) is 5.91 Å². The minimum Gasteiger partial charge on any atom is -0.451 e. The van der Waals surface area contributed by atoms with Crippen LogP contribution in [-0.2, 0) is 0 Å². The monoisotopic (exact) mass is 243 g/mol. The summed E-state index contributed by atoms with van der Waals surface area (Å²) in [5.74, 6) is 0.975. The SMILES string of the molecule is CC[C@H]1C[C@H]1NC(=O)c1cc2cc(C)ccc2o1. The molecule has 1 aromatic carbocycles. The molecule has 1 fully saturated rings. The van der Waals surface area contributed by atoms with Gasteiger partial charge in [-0.2, -0.15) is 0 Å². The van der Waals surface area contributed by atoms with E-state index in [9.17, 15) is 4.79 Å². The van der Waals surface area contributed by atoms with Crippen LogP contribution in [0.1, 0.15) is 35.9 Å². The second-order valence-electron chi connectivity index (χ2n) is 5.14. The van der Waals surface area contributed by atoms with Crippen LogP contribution in [0.2, 0.25) is 0 Å². The Kier molecular flexibility index (Phi) is 2.62. The Hall–Kier alpha value is -1.77. The molecule has 1 aromatic heterocycles. The largest absolute Gasteiger partial charge is 0.451 e. The summed E-state index contributed by atoms with van der Waals surface area (Å²) in [6.07, 6.45) is 2.23. The van der Waals surface area contributed by atoms with Crippen molar-refractivity contribution in [3.05, 3.63) is 35.6 Å². The van der Waals surface area contributed by atoms with Crippen molar-refractivity contribution in [2.24, 2.45) is 5.92 Å². The Morgan fingerprint density at radius 1 is 1.44 bits per heavy atom. The molecular weight excluding hydrogens is 226 g/mol. The lowest BCUT2D eigenvalue weighted by Gasteiger charge is -2.00. The van der Waals surface area contributed by atoms with Crippen LogP contribution >= 0.6 is 0 Å². The molecule has 18 heavy (non-hydrogen) atoms. The quantitative estimate of drug-likeness (QED) is 0.899. The number of nitrogens with one attached hydrogen (secondary N) is 1. The summed E-state index contributed by atoms with van der Waals surface area (Å²) in [5.41, 5.74) is 1.94. The Bertz CT molecular complexity index is 600. The molecule has 2 atom stereocenters. The van der Waals surface area contributed by atoms with Crippen molar-refractivity contribution in [3.63, 3.8) is 0 Å². The highest BCUT2D eigenvalue weighted by molar-refractivity contribution is 5.96. The van der Waals surface area contributed by atoms with Crippen molar-refractivity contribution in [1.82, 2.24) is 5.32 Å². The fourth-order valence-corrected chi connectivity index (χ4v) is 2.39. The second kappa shape index (κ2) is 4.16. The average molecular weight is 243 g/mol. The number of amides is 1. The zero-order valence-electron chi connectivity index (χ0n) is 10.7. The molecule has 0 aliphatic heterocycles. The molecule has 1 heterocycles. The van der Waals surface area contributed by atoms with E-state index in [2.05, 4.69) is 12.2 Å². The van der Waals surface area contributed by atoms with Crippen LogP contribution in [0, 0.1) is 12.8 Å². The minimum absolute atomic E-state index is 0.0928. The second-order valence-corrected chi connectivity index (χ2v) is 5.14. The number of hydrogen-bond acceptors (Lipinski definition) is 2. The van der Waals surface area contributed by atoms with E-state index < -0.39 is 0 Å². The Morgan fingerprint density at radius 2 is 2.28 bits per heavy atom. The summed E-state index contributed by atoms with van der Waals surface area (Å²) in [7, 11) is 0. The van der Waals surface area contributed by atoms with E-state index in [0.717, 1.165) is 23.8 Å². The molecule has 2 aromatic rings. The number of carbonyl (C=O) groups is 1. The molecule has 3 rings (SSSR count). The van der Waals surface area contributed by atoms with E-state index in [1.807, 2.05) is 31.2 Å². The van der Waals surface area contributed by atoms with Gasteiger partial charge in [0, 0.05) is 11.4 Å². The molecule has 1 amide bonds. The topological polar surface area (TPSA) is 42.2 Å². The minimum atomic E-state index is -0.0928. The third-order valence-corrected chi connectivity index (χ3v) is 3.66.